The molecule has 0 saturated carbocycles. The zero-order valence-corrected chi connectivity index (χ0v) is 23.1. The smallest absolute Gasteiger partial charge is 1.00 e. The summed E-state index contributed by atoms with van der Waals surface area (Å²) in [4.78, 5) is 32.3. The molecule has 1 saturated heterocycles. The molecule has 2 atom stereocenters. The summed E-state index contributed by atoms with van der Waals surface area (Å²) in [6, 6.07) is -2.34. The number of carbonyl (C=O) groups is 2. The van der Waals surface area contributed by atoms with E-state index in [4.69, 9.17) is 0 Å². The van der Waals surface area contributed by atoms with Crippen molar-refractivity contribution in [3.05, 3.63) is 28.5 Å². The van der Waals surface area contributed by atoms with Gasteiger partial charge in [-0.05, 0) is 19.4 Å². The predicted octanol–water partition coefficient (Wildman–Crippen LogP) is 2.58. The van der Waals surface area contributed by atoms with E-state index in [0.717, 1.165) is 11.1 Å². The maximum absolute atomic E-state index is 13.9. The monoisotopic (exact) mass is 568 g/mol. The molecule has 2 unspecified atom stereocenters. The van der Waals surface area contributed by atoms with Gasteiger partial charge < -0.3 is 16.7 Å². The summed E-state index contributed by atoms with van der Waals surface area (Å²) < 4.78 is 94.6. The number of carboxylic acid groups (broad SMARTS) is 1. The van der Waals surface area contributed by atoms with Gasteiger partial charge in [-0.25, -0.2) is 32.3 Å². The summed E-state index contributed by atoms with van der Waals surface area (Å²) in [6.45, 7) is 1.62. The van der Waals surface area contributed by atoms with Crippen LogP contribution in [-0.2, 0) is 0 Å². The first-order chi connectivity index (χ1) is 16.1. The number of likely N-dealkylation sites (tertiary alicyclic amines) is 1. The molecule has 0 radical (unpaired) electrons. The molecule has 3 rings (SSSR count). The van der Waals surface area contributed by atoms with Gasteiger partial charge in [-0.15, -0.1) is 11.3 Å². The number of nitrogens with one attached hydrogen (secondary N) is 1. The molecule has 7 nitrogen and oxygen atoms in total. The number of nitrogens with zero attached hydrogens (tertiary/aromatic N) is 3. The fraction of sp³-hybridized carbons (Fsp3) is 0.500. The standard InChI is InChI=1S/C20H19F7N4O3S.K.H/c1-3-11(20(25,26)27)29-12-4-9(15(21)22)10(6-28-12)14-13(30-16(35-14)18(33)34)17(32)31-7-19(23,24)5-8(31)2;;/h4,6,8,11,15H,3,5,7H2,1-2H3,(H,28,29)(H,33,34);;/q;+1;-1. The van der Waals surface area contributed by atoms with E-state index < -0.39 is 89.5 Å². The van der Waals surface area contributed by atoms with Gasteiger partial charge in [0.25, 0.3) is 18.3 Å². The van der Waals surface area contributed by atoms with Crippen LogP contribution in [-0.4, -0.2) is 62.6 Å². The summed E-state index contributed by atoms with van der Waals surface area (Å²) in [7, 11) is 0. The van der Waals surface area contributed by atoms with E-state index in [9.17, 15) is 45.4 Å². The van der Waals surface area contributed by atoms with Crippen LogP contribution in [0.25, 0.3) is 10.4 Å². The summed E-state index contributed by atoms with van der Waals surface area (Å²) >= 11 is 0.350. The van der Waals surface area contributed by atoms with Gasteiger partial charge in [-0.1, -0.05) is 6.92 Å². The number of aromatic nitrogens is 2. The molecule has 36 heavy (non-hydrogen) atoms. The minimum Gasteiger partial charge on any atom is -1.00 e. The third-order valence-electron chi connectivity index (χ3n) is 5.34. The van der Waals surface area contributed by atoms with Gasteiger partial charge in [0.1, 0.15) is 17.6 Å². The Morgan fingerprint density at radius 3 is 2.47 bits per heavy atom. The average molecular weight is 569 g/mol. The Balaban J connectivity index is 0.00000342. The van der Waals surface area contributed by atoms with Crippen molar-refractivity contribution >= 4 is 29.0 Å². The van der Waals surface area contributed by atoms with Crippen molar-refractivity contribution in [2.24, 2.45) is 0 Å². The number of rotatable bonds is 7. The minimum atomic E-state index is -4.68. The van der Waals surface area contributed by atoms with Gasteiger partial charge in [-0.2, -0.15) is 13.2 Å². The Kier molecular flexibility index (Phi) is 9.95. The second-order valence-corrected chi connectivity index (χ2v) is 8.95. The maximum Gasteiger partial charge on any atom is 1.00 e. The number of pyridine rings is 1. The molecule has 16 heteroatoms. The van der Waals surface area contributed by atoms with Crippen molar-refractivity contribution in [2.45, 2.75) is 57.3 Å². The van der Waals surface area contributed by atoms with Gasteiger partial charge in [0.15, 0.2) is 0 Å². The summed E-state index contributed by atoms with van der Waals surface area (Å²) in [5.41, 5.74) is -1.92. The number of amides is 1. The number of aromatic carboxylic acids is 1. The molecule has 1 aliphatic heterocycles. The number of hydrogen-bond donors (Lipinski definition) is 2. The Labute approximate surface area is 248 Å². The summed E-state index contributed by atoms with van der Waals surface area (Å²) in [6.07, 6.45) is -8.22. The summed E-state index contributed by atoms with van der Waals surface area (Å²) in [5, 5.41) is 10.7. The SMILES string of the molecule is CCC(Nc1cc(C(F)F)c(-c2sc(C(=O)O)nc2C(=O)N2CC(F)(F)CC2C)cn1)C(F)(F)F.[H-].[K+]. The number of carboxylic acids is 1. The molecular formula is C20H20F7KN4O3S. The van der Waals surface area contributed by atoms with Crippen molar-refractivity contribution < 1.29 is 98.2 Å². The van der Waals surface area contributed by atoms with Crippen molar-refractivity contribution in [2.75, 3.05) is 11.9 Å². The van der Waals surface area contributed by atoms with Crippen LogP contribution >= 0.6 is 11.3 Å². The van der Waals surface area contributed by atoms with Crippen LogP contribution in [0.15, 0.2) is 12.3 Å². The molecular weight excluding hydrogens is 548 g/mol. The molecule has 2 aromatic heterocycles. The second-order valence-electron chi connectivity index (χ2n) is 7.95. The Morgan fingerprint density at radius 1 is 1.36 bits per heavy atom. The first kappa shape index (κ1) is 30.9. The number of halogens is 7. The number of carbonyl (C=O) groups excluding carboxylic acids is 1. The van der Waals surface area contributed by atoms with Crippen molar-refractivity contribution in [1.29, 1.82) is 0 Å². The van der Waals surface area contributed by atoms with E-state index in [1.54, 1.807) is 0 Å². The molecule has 2 aromatic rings. The molecule has 0 aliphatic carbocycles. The van der Waals surface area contributed by atoms with E-state index in [0.29, 0.717) is 17.4 Å². The fourth-order valence-corrected chi connectivity index (χ4v) is 4.60. The molecule has 0 spiro atoms. The van der Waals surface area contributed by atoms with Crippen LogP contribution in [0.5, 0.6) is 0 Å². The zero-order chi connectivity index (χ0) is 26.3. The fourth-order valence-electron chi connectivity index (χ4n) is 3.67. The van der Waals surface area contributed by atoms with Crippen LogP contribution in [0.3, 0.4) is 0 Å². The Morgan fingerprint density at radius 2 is 2.00 bits per heavy atom. The number of anilines is 1. The average Bonchev–Trinajstić information content (AvgIpc) is 3.30. The number of thiazole rings is 1. The van der Waals surface area contributed by atoms with E-state index in [1.807, 2.05) is 5.32 Å². The van der Waals surface area contributed by atoms with Crippen LogP contribution in [0.4, 0.5) is 36.6 Å². The summed E-state index contributed by atoms with van der Waals surface area (Å²) in [5.74, 6) is -6.38. The zero-order valence-electron chi connectivity index (χ0n) is 20.2. The van der Waals surface area contributed by atoms with E-state index in [2.05, 4.69) is 9.97 Å². The largest absolute Gasteiger partial charge is 1.00 e. The van der Waals surface area contributed by atoms with E-state index >= 15 is 0 Å². The molecule has 1 fully saturated rings. The van der Waals surface area contributed by atoms with Crippen molar-refractivity contribution in [3.8, 4) is 10.4 Å². The Bertz CT molecular complexity index is 1140. The van der Waals surface area contributed by atoms with Crippen LogP contribution in [0.1, 0.15) is 60.4 Å². The van der Waals surface area contributed by atoms with Crippen molar-refractivity contribution in [3.63, 3.8) is 0 Å². The first-order valence-corrected chi connectivity index (χ1v) is 11.0. The van der Waals surface area contributed by atoms with Gasteiger partial charge >= 0.3 is 63.5 Å². The second kappa shape index (κ2) is 11.6. The molecule has 3 heterocycles. The van der Waals surface area contributed by atoms with Crippen molar-refractivity contribution in [1.82, 2.24) is 14.9 Å². The topological polar surface area (TPSA) is 95.4 Å². The predicted molar refractivity (Wildman–Crippen MR) is 112 cm³/mol. The van der Waals surface area contributed by atoms with Crippen LogP contribution in [0, 0.1) is 0 Å². The van der Waals surface area contributed by atoms with Crippen LogP contribution < -0.4 is 56.7 Å². The minimum absolute atomic E-state index is 0. The molecule has 194 valence electrons. The third-order valence-corrected chi connectivity index (χ3v) is 6.42. The molecule has 1 amide bonds. The van der Waals surface area contributed by atoms with Gasteiger partial charge in [-0.3, -0.25) is 4.79 Å². The third kappa shape index (κ3) is 6.75. The molecule has 0 aromatic carbocycles. The quantitative estimate of drug-likeness (QED) is 0.394. The van der Waals surface area contributed by atoms with Gasteiger partial charge in [0.05, 0.1) is 11.4 Å². The Hall–Kier alpha value is -1.33. The van der Waals surface area contributed by atoms with Gasteiger partial charge in [0, 0.05) is 29.8 Å². The van der Waals surface area contributed by atoms with E-state index in [-0.39, 0.29) is 57.7 Å². The first-order valence-electron chi connectivity index (χ1n) is 10.2. The molecule has 0 bridgehead atoms. The molecule has 2 N–H and O–H groups in total. The number of hydrogen-bond acceptors (Lipinski definition) is 6. The molecule has 1 aliphatic rings. The van der Waals surface area contributed by atoms with E-state index in [1.165, 1.54) is 13.8 Å². The van der Waals surface area contributed by atoms with Crippen LogP contribution in [0.2, 0.25) is 0 Å². The maximum atomic E-state index is 13.9. The number of alkyl halides is 7. The van der Waals surface area contributed by atoms with Gasteiger partial charge in [0.2, 0.25) is 5.01 Å². The normalized spacial score (nSPS) is 18.2.